The molecule has 0 spiro atoms. The fourth-order valence-electron chi connectivity index (χ4n) is 7.33. The van der Waals surface area contributed by atoms with Crippen molar-refractivity contribution in [1.82, 2.24) is 13.8 Å². The first-order chi connectivity index (χ1) is 18.7. The molecule has 2 aliphatic rings. The highest BCUT2D eigenvalue weighted by Gasteiger charge is 2.50. The zero-order valence-corrected chi connectivity index (χ0v) is 25.8. The molecule has 0 radical (unpaired) electrons. The molecule has 0 unspecified atom stereocenters. The van der Waals surface area contributed by atoms with Gasteiger partial charge in [-0.25, -0.2) is 0 Å². The largest absolute Gasteiger partial charge is 0.379 e. The lowest BCUT2D eigenvalue weighted by atomic mass is 9.77. The molecule has 4 nitrogen and oxygen atoms in total. The number of fused-ring (bicyclic) bond motifs is 2. The van der Waals surface area contributed by atoms with Crippen LogP contribution in [0.15, 0.2) is 60.7 Å². The second-order valence-electron chi connectivity index (χ2n) is 11.7. The Morgan fingerprint density at radius 3 is 1.51 bits per heavy atom. The minimum Gasteiger partial charge on any atom is -0.379 e. The summed E-state index contributed by atoms with van der Waals surface area (Å²) < 4.78 is 13.6. The van der Waals surface area contributed by atoms with Crippen LogP contribution in [0, 0.1) is 27.7 Å². The van der Waals surface area contributed by atoms with Gasteiger partial charge in [-0.3, -0.25) is 4.67 Å². The van der Waals surface area contributed by atoms with Crippen LogP contribution in [0.5, 0.6) is 0 Å². The van der Waals surface area contributed by atoms with Crippen LogP contribution in [0.4, 0.5) is 0 Å². The minimum absolute atomic E-state index is 0.146. The van der Waals surface area contributed by atoms with Gasteiger partial charge >= 0.3 is 0 Å². The summed E-state index contributed by atoms with van der Waals surface area (Å²) in [5, 5.41) is 2.87. The van der Waals surface area contributed by atoms with E-state index in [1.54, 1.807) is 0 Å². The van der Waals surface area contributed by atoms with Gasteiger partial charge in [-0.2, -0.15) is 0 Å². The Hall–Kier alpha value is -2.43. The number of hydrogen-bond donors (Lipinski definition) is 0. The van der Waals surface area contributed by atoms with Crippen molar-refractivity contribution < 1.29 is 4.74 Å². The van der Waals surface area contributed by atoms with Crippen LogP contribution >= 0.6 is 6.19 Å². The van der Waals surface area contributed by atoms with Crippen molar-refractivity contribution >= 4 is 28.6 Å². The van der Waals surface area contributed by atoms with Crippen LogP contribution in [0.2, 0.25) is 0 Å². The summed E-state index contributed by atoms with van der Waals surface area (Å²) in [4.78, 5) is 0. The number of nitrogens with zero attached hydrogens (tertiary/aromatic N) is 3. The topological polar surface area (TPSA) is 22.3 Å². The highest BCUT2D eigenvalue weighted by molar-refractivity contribution is 8.21. The summed E-state index contributed by atoms with van der Waals surface area (Å²) in [7, 11) is 0. The lowest BCUT2D eigenvalue weighted by Crippen LogP contribution is -2.47. The van der Waals surface area contributed by atoms with E-state index in [4.69, 9.17) is 16.5 Å². The van der Waals surface area contributed by atoms with Gasteiger partial charge in [-0.05, 0) is 49.9 Å². The molecule has 0 bridgehead atoms. The Labute approximate surface area is 238 Å². The fraction of sp³-hybridized carbons (Fsp3) is 0.394. The summed E-state index contributed by atoms with van der Waals surface area (Å²) in [6.45, 7) is 19.2. The van der Waals surface area contributed by atoms with E-state index in [0.717, 1.165) is 39.4 Å². The normalized spacial score (nSPS) is 18.1. The number of ether oxygens (including phenoxy) is 1. The number of benzene rings is 2. The van der Waals surface area contributed by atoms with Crippen LogP contribution in [0.3, 0.4) is 0 Å². The molecule has 204 valence electrons. The summed E-state index contributed by atoms with van der Waals surface area (Å²) in [6.07, 6.45) is -2.30. The van der Waals surface area contributed by atoms with Crippen LogP contribution < -0.4 is 10.6 Å². The molecule has 1 fully saturated rings. The maximum absolute atomic E-state index is 7.09. The van der Waals surface area contributed by atoms with Gasteiger partial charge in [-0.1, -0.05) is 86.3 Å². The molecular formula is C33H40N3OPS. The van der Waals surface area contributed by atoms with Gasteiger partial charge in [0.05, 0.1) is 19.4 Å². The number of aromatic nitrogens is 2. The Morgan fingerprint density at radius 1 is 0.692 bits per heavy atom. The molecule has 0 aliphatic carbocycles. The predicted octanol–water partition coefficient (Wildman–Crippen LogP) is 5.94. The zero-order valence-electron chi connectivity index (χ0n) is 24.1. The van der Waals surface area contributed by atoms with Gasteiger partial charge in [0.2, 0.25) is 0 Å². The molecule has 6 rings (SSSR count). The van der Waals surface area contributed by atoms with Crippen LogP contribution in [-0.2, 0) is 35.0 Å². The standard InChI is InChI=1S/C33H40N3OPS/c1-23-29-31(25(3)35(23)21-27-13-9-7-10-14-27)38(39,34-17-19-37-20-18-34)32-26(4)36(22-28-15-11-8-12-16-28)24(2)30(32)33(29,5)6/h7-16H,17-22H2,1-6H3. The van der Waals surface area contributed by atoms with Crippen molar-refractivity contribution in [2.75, 3.05) is 26.3 Å². The summed E-state index contributed by atoms with van der Waals surface area (Å²) >= 11 is 7.09. The molecule has 0 saturated carbocycles. The smallest absolute Gasteiger partial charge is 0.0753 e. The van der Waals surface area contributed by atoms with Crippen molar-refractivity contribution in [3.8, 4) is 0 Å². The molecule has 0 amide bonds. The summed E-state index contributed by atoms with van der Waals surface area (Å²) in [5.74, 6) is 0. The minimum atomic E-state index is -2.30. The average molecular weight is 558 g/mol. The molecule has 1 saturated heterocycles. The van der Waals surface area contributed by atoms with Gasteiger partial charge in [0.15, 0.2) is 0 Å². The van der Waals surface area contributed by atoms with Crippen molar-refractivity contribution in [1.29, 1.82) is 0 Å². The molecule has 0 atom stereocenters. The maximum atomic E-state index is 7.09. The Bertz CT molecular complexity index is 1470. The Morgan fingerprint density at radius 2 is 1.10 bits per heavy atom. The quantitative estimate of drug-likeness (QED) is 0.284. The van der Waals surface area contributed by atoms with Crippen LogP contribution in [0.25, 0.3) is 0 Å². The third kappa shape index (κ3) is 4.04. The monoisotopic (exact) mass is 557 g/mol. The van der Waals surface area contributed by atoms with E-state index in [1.165, 1.54) is 55.6 Å². The number of morpholine rings is 1. The van der Waals surface area contributed by atoms with Gasteiger partial charge in [0, 0.05) is 65.0 Å². The van der Waals surface area contributed by atoms with Gasteiger partial charge < -0.3 is 13.9 Å². The van der Waals surface area contributed by atoms with Gasteiger partial charge in [-0.15, -0.1) is 0 Å². The third-order valence-corrected chi connectivity index (χ3v) is 14.4. The Balaban J connectivity index is 1.62. The van der Waals surface area contributed by atoms with E-state index < -0.39 is 6.19 Å². The molecule has 6 heteroatoms. The highest BCUT2D eigenvalue weighted by Crippen LogP contribution is 2.59. The van der Waals surface area contributed by atoms with Crippen molar-refractivity contribution in [2.45, 2.75) is 60.0 Å². The lowest BCUT2D eigenvalue weighted by Gasteiger charge is -2.45. The first kappa shape index (κ1) is 26.8. The zero-order chi connectivity index (χ0) is 27.5. The first-order valence-corrected chi connectivity index (χ1v) is 16.8. The molecule has 2 aromatic carbocycles. The molecule has 4 aromatic rings. The molecule has 39 heavy (non-hydrogen) atoms. The fourth-order valence-corrected chi connectivity index (χ4v) is 13.3. The second kappa shape index (κ2) is 9.89. The van der Waals surface area contributed by atoms with E-state index in [1.807, 2.05) is 0 Å². The van der Waals surface area contributed by atoms with Gasteiger partial charge in [0.1, 0.15) is 0 Å². The second-order valence-corrected chi connectivity index (χ2v) is 15.9. The van der Waals surface area contributed by atoms with Crippen LogP contribution in [-0.4, -0.2) is 40.1 Å². The van der Waals surface area contributed by atoms with E-state index in [9.17, 15) is 0 Å². The van der Waals surface area contributed by atoms with Crippen LogP contribution in [0.1, 0.15) is 58.9 Å². The van der Waals surface area contributed by atoms with E-state index >= 15 is 0 Å². The lowest BCUT2D eigenvalue weighted by molar-refractivity contribution is 0.0754. The van der Waals surface area contributed by atoms with Crippen molar-refractivity contribution in [2.24, 2.45) is 0 Å². The van der Waals surface area contributed by atoms with E-state index in [0.29, 0.717) is 0 Å². The van der Waals surface area contributed by atoms with Crippen molar-refractivity contribution in [3.63, 3.8) is 0 Å². The molecule has 2 aliphatic heterocycles. The maximum Gasteiger partial charge on any atom is 0.0753 e. The molecule has 2 aromatic heterocycles. The highest BCUT2D eigenvalue weighted by atomic mass is 32.4. The number of rotatable bonds is 5. The third-order valence-electron chi connectivity index (χ3n) is 9.11. The summed E-state index contributed by atoms with van der Waals surface area (Å²) in [5.41, 5.74) is 10.8. The van der Waals surface area contributed by atoms with Crippen molar-refractivity contribution in [3.05, 3.63) is 106 Å². The molecule has 0 N–H and O–H groups in total. The van der Waals surface area contributed by atoms with E-state index in [2.05, 4.69) is 116 Å². The molecular weight excluding hydrogens is 517 g/mol. The first-order valence-electron chi connectivity index (χ1n) is 14.1. The van der Waals surface area contributed by atoms with E-state index in [-0.39, 0.29) is 5.41 Å². The molecule has 4 heterocycles. The Kier molecular flexibility index (Phi) is 6.79. The summed E-state index contributed by atoms with van der Waals surface area (Å²) in [6, 6.07) is 21.7. The SMILES string of the molecule is Cc1c2c(c(C)n1Cc1ccccc1)P(=S)(N1CCOCC1)c1c(c(C)n(Cc3ccccc3)c1C)C2(C)C. The predicted molar refractivity (Wildman–Crippen MR) is 167 cm³/mol. The number of hydrogen-bond acceptors (Lipinski definition) is 2. The van der Waals surface area contributed by atoms with Gasteiger partial charge in [0.25, 0.3) is 0 Å². The average Bonchev–Trinajstić information content (AvgIpc) is 3.36.